The molecule has 1 aliphatic rings. The van der Waals surface area contributed by atoms with Gasteiger partial charge in [0.2, 0.25) is 0 Å². The summed E-state index contributed by atoms with van der Waals surface area (Å²) in [5.74, 6) is -1.36. The summed E-state index contributed by atoms with van der Waals surface area (Å²) in [5, 5.41) is 27.9. The highest BCUT2D eigenvalue weighted by molar-refractivity contribution is 5.97. The maximum atomic E-state index is 13.4. The average Bonchev–Trinajstić information content (AvgIpc) is 3.08. The van der Waals surface area contributed by atoms with Gasteiger partial charge in [-0.15, -0.1) is 0 Å². The highest BCUT2D eigenvalue weighted by Gasteiger charge is 2.35. The second-order valence-electron chi connectivity index (χ2n) is 6.84. The first kappa shape index (κ1) is 17.6. The van der Waals surface area contributed by atoms with Crippen LogP contribution in [0.25, 0.3) is 16.6 Å². The van der Waals surface area contributed by atoms with Crippen molar-refractivity contribution in [3.8, 4) is 12.1 Å². The monoisotopic (exact) mass is 369 g/mol. The molecule has 0 amide bonds. The molecule has 1 aromatic heterocycles. The van der Waals surface area contributed by atoms with E-state index < -0.39 is 11.8 Å². The van der Waals surface area contributed by atoms with Crippen molar-refractivity contribution >= 4 is 22.3 Å². The summed E-state index contributed by atoms with van der Waals surface area (Å²) in [6, 6.07) is 16.2. The summed E-state index contributed by atoms with van der Waals surface area (Å²) in [4.78, 5) is 4.54. The van der Waals surface area contributed by atoms with Crippen molar-refractivity contribution in [2.75, 3.05) is 0 Å². The highest BCUT2D eigenvalue weighted by atomic mass is 19.1. The molecule has 0 saturated carbocycles. The number of hydrogen-bond acceptors (Lipinski definition) is 4. The largest absolute Gasteiger partial charge is 0.282 e. The fraction of sp³-hybridized carbons (Fsp3) is 0.182. The van der Waals surface area contributed by atoms with E-state index in [4.69, 9.17) is 0 Å². The Labute approximate surface area is 161 Å². The van der Waals surface area contributed by atoms with Gasteiger partial charge in [0, 0.05) is 28.3 Å². The number of allylic oxidation sites excluding steroid dienone is 1. The minimum atomic E-state index is -0.552. The van der Waals surface area contributed by atoms with E-state index in [-0.39, 0.29) is 5.82 Å². The molecule has 0 spiro atoms. The molecule has 1 aliphatic heterocycles. The van der Waals surface area contributed by atoms with Gasteiger partial charge >= 0.3 is 0 Å². The predicted molar refractivity (Wildman–Crippen MR) is 105 cm³/mol. The van der Waals surface area contributed by atoms with Crippen LogP contribution in [0.3, 0.4) is 0 Å². The molecule has 4 rings (SSSR count). The van der Waals surface area contributed by atoms with E-state index in [0.29, 0.717) is 22.5 Å². The molecular formula is C22H16FN5. The molecule has 1 N–H and O–H groups in total. The molecule has 136 valence electrons. The molecule has 0 aliphatic carbocycles. The summed E-state index contributed by atoms with van der Waals surface area (Å²) in [6.45, 7) is 3.72. The van der Waals surface area contributed by atoms with Crippen molar-refractivity contribution in [2.24, 2.45) is 10.9 Å². The lowest BCUT2D eigenvalue weighted by molar-refractivity contribution is 0.627. The summed E-state index contributed by atoms with van der Waals surface area (Å²) in [7, 11) is 0. The number of fused-ring (bicyclic) bond motifs is 1. The molecule has 5 nitrogen and oxygen atoms in total. The standard InChI is InChI=1S/C22H16FN5/c1-12-18(10-24)21(15-5-8-20-17(9-15)13(2)27-28-20)19(11-25)22(26-12)14-3-6-16(23)7-4-14/h3-9,18,21H,1-2H3,(H,27,28). The molecule has 6 heteroatoms. The van der Waals surface area contributed by atoms with Crippen LogP contribution < -0.4 is 0 Å². The van der Waals surface area contributed by atoms with Crippen molar-refractivity contribution in [2.45, 2.75) is 19.8 Å². The van der Waals surface area contributed by atoms with Gasteiger partial charge in [0.15, 0.2) is 0 Å². The number of nitriles is 2. The van der Waals surface area contributed by atoms with Gasteiger partial charge in [-0.2, -0.15) is 15.6 Å². The Morgan fingerprint density at radius 1 is 1.07 bits per heavy atom. The maximum absolute atomic E-state index is 13.4. The van der Waals surface area contributed by atoms with Gasteiger partial charge in [0.25, 0.3) is 0 Å². The van der Waals surface area contributed by atoms with E-state index in [1.165, 1.54) is 12.1 Å². The molecule has 0 saturated heterocycles. The molecular weight excluding hydrogens is 353 g/mol. The van der Waals surface area contributed by atoms with E-state index in [1.807, 2.05) is 25.1 Å². The Balaban J connectivity index is 1.95. The number of aryl methyl sites for hydroxylation is 1. The lowest BCUT2D eigenvalue weighted by atomic mass is 9.76. The van der Waals surface area contributed by atoms with Gasteiger partial charge in [0.1, 0.15) is 5.82 Å². The molecule has 3 aromatic rings. The zero-order valence-corrected chi connectivity index (χ0v) is 15.4. The number of nitrogens with one attached hydrogen (secondary N) is 1. The molecule has 0 radical (unpaired) electrons. The number of aromatic amines is 1. The summed E-state index contributed by atoms with van der Waals surface area (Å²) < 4.78 is 13.4. The predicted octanol–water partition coefficient (Wildman–Crippen LogP) is 4.64. The Morgan fingerprint density at radius 2 is 1.82 bits per heavy atom. The van der Waals surface area contributed by atoms with E-state index >= 15 is 0 Å². The topological polar surface area (TPSA) is 88.6 Å². The van der Waals surface area contributed by atoms with Crippen LogP contribution in [-0.2, 0) is 0 Å². The fourth-order valence-corrected chi connectivity index (χ4v) is 3.69. The van der Waals surface area contributed by atoms with E-state index in [2.05, 4.69) is 27.3 Å². The van der Waals surface area contributed by atoms with Crippen molar-refractivity contribution in [3.63, 3.8) is 0 Å². The molecule has 2 unspecified atom stereocenters. The first-order valence-corrected chi connectivity index (χ1v) is 8.83. The van der Waals surface area contributed by atoms with E-state index in [9.17, 15) is 14.9 Å². The van der Waals surface area contributed by atoms with Gasteiger partial charge in [-0.3, -0.25) is 10.1 Å². The second kappa shape index (κ2) is 6.75. The van der Waals surface area contributed by atoms with Crippen molar-refractivity contribution in [1.82, 2.24) is 10.2 Å². The minimum Gasteiger partial charge on any atom is -0.282 e. The minimum absolute atomic E-state index is 0.355. The van der Waals surface area contributed by atoms with Crippen LogP contribution in [0, 0.1) is 41.3 Å². The normalized spacial score (nSPS) is 19.2. The molecule has 0 bridgehead atoms. The Bertz CT molecular complexity index is 1220. The van der Waals surface area contributed by atoms with Crippen molar-refractivity contribution in [3.05, 3.63) is 70.7 Å². The lowest BCUT2D eigenvalue weighted by Gasteiger charge is -2.28. The van der Waals surface area contributed by atoms with Crippen molar-refractivity contribution < 1.29 is 4.39 Å². The van der Waals surface area contributed by atoms with Crippen LogP contribution in [0.4, 0.5) is 4.39 Å². The highest BCUT2D eigenvalue weighted by Crippen LogP contribution is 2.42. The van der Waals surface area contributed by atoms with Crippen LogP contribution in [0.2, 0.25) is 0 Å². The number of H-pyrrole nitrogens is 1. The molecule has 28 heavy (non-hydrogen) atoms. The zero-order valence-electron chi connectivity index (χ0n) is 15.4. The third-order valence-corrected chi connectivity index (χ3v) is 5.14. The molecule has 2 atom stereocenters. The fourth-order valence-electron chi connectivity index (χ4n) is 3.69. The molecule has 0 fully saturated rings. The van der Waals surface area contributed by atoms with Gasteiger partial charge in [-0.05, 0) is 55.8 Å². The lowest BCUT2D eigenvalue weighted by Crippen LogP contribution is -2.25. The Hall–Kier alpha value is -3.77. The van der Waals surface area contributed by atoms with Gasteiger partial charge < -0.3 is 0 Å². The quantitative estimate of drug-likeness (QED) is 0.713. The van der Waals surface area contributed by atoms with E-state index in [1.54, 1.807) is 19.1 Å². The SMILES string of the molecule is CC1=NC(c2ccc(F)cc2)=C(C#N)C(c2ccc3n[nH]c(C)c3c2)C1C#N. The van der Waals surface area contributed by atoms with Crippen LogP contribution >= 0.6 is 0 Å². The third-order valence-electron chi connectivity index (χ3n) is 5.14. The zero-order chi connectivity index (χ0) is 19.8. The number of benzene rings is 2. The van der Waals surface area contributed by atoms with Crippen molar-refractivity contribution in [1.29, 1.82) is 10.5 Å². The summed E-state index contributed by atoms with van der Waals surface area (Å²) in [6.07, 6.45) is 0. The van der Waals surface area contributed by atoms with Crippen LogP contribution in [0.1, 0.15) is 29.7 Å². The summed E-state index contributed by atoms with van der Waals surface area (Å²) >= 11 is 0. The smallest absolute Gasteiger partial charge is 0.123 e. The third kappa shape index (κ3) is 2.76. The molecule has 2 heterocycles. The van der Waals surface area contributed by atoms with Crippen LogP contribution in [-0.4, -0.2) is 15.9 Å². The number of rotatable bonds is 2. The first-order valence-electron chi connectivity index (χ1n) is 8.83. The van der Waals surface area contributed by atoms with Crippen LogP contribution in [0.5, 0.6) is 0 Å². The number of hydrogen-bond donors (Lipinski definition) is 1. The first-order chi connectivity index (χ1) is 13.5. The second-order valence-corrected chi connectivity index (χ2v) is 6.84. The van der Waals surface area contributed by atoms with E-state index in [0.717, 1.165) is 22.2 Å². The molecule has 2 aromatic carbocycles. The van der Waals surface area contributed by atoms with Gasteiger partial charge in [-0.25, -0.2) is 4.39 Å². The van der Waals surface area contributed by atoms with Crippen LogP contribution in [0.15, 0.2) is 53.0 Å². The van der Waals surface area contributed by atoms with Gasteiger partial charge in [-0.1, -0.05) is 6.07 Å². The number of halogens is 1. The van der Waals surface area contributed by atoms with Gasteiger partial charge in [0.05, 0.1) is 34.8 Å². The number of aliphatic imine (C=N–C) groups is 1. The summed E-state index contributed by atoms with van der Waals surface area (Å²) in [5.41, 5.74) is 4.79. The Morgan fingerprint density at radius 3 is 2.50 bits per heavy atom. The number of aromatic nitrogens is 2. The Kier molecular flexibility index (Phi) is 4.25. The average molecular weight is 369 g/mol. The maximum Gasteiger partial charge on any atom is 0.123 e. The number of nitrogens with zero attached hydrogens (tertiary/aromatic N) is 4.